The number of allylic oxidation sites excluding steroid dienone is 1. The van der Waals surface area contributed by atoms with Crippen LogP contribution < -0.4 is 0 Å². The van der Waals surface area contributed by atoms with Gasteiger partial charge in [-0.1, -0.05) is 6.58 Å². The summed E-state index contributed by atoms with van der Waals surface area (Å²) in [5.41, 5.74) is 0. The first-order valence-electron chi connectivity index (χ1n) is 3.64. The molecular weight excluding hydrogens is 140 g/mol. The van der Waals surface area contributed by atoms with E-state index in [4.69, 9.17) is 0 Å². The molecule has 1 aliphatic rings. The molecule has 10 heavy (non-hydrogen) atoms. The summed E-state index contributed by atoms with van der Waals surface area (Å²) >= 11 is 4.24. The Morgan fingerprint density at radius 1 is 1.30 bits per heavy atom. The summed E-state index contributed by atoms with van der Waals surface area (Å²) in [6.45, 7) is 3.83. The average molecular weight is 152 g/mol. The highest BCUT2D eigenvalue weighted by atomic mass is 32.1. The lowest BCUT2D eigenvalue weighted by Crippen LogP contribution is -1.97. The number of hydrogen-bond donors (Lipinski definition) is 1. The molecule has 0 heterocycles. The molecule has 0 aliphatic heterocycles. The number of rotatable bonds is 1. The maximum absolute atomic E-state index is 4.24. The van der Waals surface area contributed by atoms with E-state index >= 15 is 0 Å². The van der Waals surface area contributed by atoms with Gasteiger partial charge in [0.2, 0.25) is 0 Å². The first-order valence-corrected chi connectivity index (χ1v) is 4.09. The van der Waals surface area contributed by atoms with Crippen molar-refractivity contribution in [3.63, 3.8) is 0 Å². The van der Waals surface area contributed by atoms with E-state index in [1.54, 1.807) is 0 Å². The van der Waals surface area contributed by atoms with Crippen molar-refractivity contribution in [3.05, 3.63) is 11.5 Å². The zero-order valence-corrected chi connectivity index (χ0v) is 6.95. The topological polar surface area (TPSA) is 0 Å². The van der Waals surface area contributed by atoms with Crippen molar-refractivity contribution in [1.29, 1.82) is 0 Å². The quantitative estimate of drug-likeness (QED) is 0.433. The summed E-state index contributed by atoms with van der Waals surface area (Å²) in [5, 5.41) is 0. The molecule has 1 heteroatoms. The van der Waals surface area contributed by atoms with Gasteiger partial charge in [0.15, 0.2) is 0 Å². The van der Waals surface area contributed by atoms with Crippen molar-refractivity contribution in [2.24, 2.45) is 5.92 Å². The highest BCUT2D eigenvalue weighted by Crippen LogP contribution is 2.24. The molecule has 0 bridgehead atoms. The van der Waals surface area contributed by atoms with E-state index in [0.717, 1.165) is 30.6 Å². The SMILES string of the molecule is C=C(S)C1CCC#CCC1. The third-order valence-corrected chi connectivity index (χ3v) is 2.20. The molecule has 0 spiro atoms. The maximum atomic E-state index is 4.24. The molecule has 0 saturated heterocycles. The summed E-state index contributed by atoms with van der Waals surface area (Å²) in [6.07, 6.45) is 4.33. The molecule has 0 unspecified atom stereocenters. The van der Waals surface area contributed by atoms with Crippen LogP contribution in [-0.4, -0.2) is 0 Å². The van der Waals surface area contributed by atoms with Crippen LogP contribution in [0.5, 0.6) is 0 Å². The van der Waals surface area contributed by atoms with Gasteiger partial charge < -0.3 is 0 Å². The summed E-state index contributed by atoms with van der Waals surface area (Å²) < 4.78 is 0. The van der Waals surface area contributed by atoms with Crippen molar-refractivity contribution in [2.75, 3.05) is 0 Å². The van der Waals surface area contributed by atoms with Crippen LogP contribution >= 0.6 is 12.6 Å². The predicted molar refractivity (Wildman–Crippen MR) is 47.9 cm³/mol. The van der Waals surface area contributed by atoms with Crippen LogP contribution in [0.2, 0.25) is 0 Å². The Kier molecular flexibility index (Phi) is 2.89. The van der Waals surface area contributed by atoms with Gasteiger partial charge >= 0.3 is 0 Å². The van der Waals surface area contributed by atoms with Gasteiger partial charge in [0, 0.05) is 12.8 Å². The van der Waals surface area contributed by atoms with Gasteiger partial charge in [-0.25, -0.2) is 0 Å². The van der Waals surface area contributed by atoms with E-state index in [1.807, 2.05) is 0 Å². The van der Waals surface area contributed by atoms with Gasteiger partial charge in [-0.2, -0.15) is 0 Å². The zero-order valence-electron chi connectivity index (χ0n) is 6.06. The molecule has 0 radical (unpaired) electrons. The Balaban J connectivity index is 2.43. The Morgan fingerprint density at radius 2 is 1.80 bits per heavy atom. The summed E-state index contributed by atoms with van der Waals surface area (Å²) in [5.74, 6) is 6.80. The number of hydrogen-bond acceptors (Lipinski definition) is 1. The summed E-state index contributed by atoms with van der Waals surface area (Å²) in [7, 11) is 0. The minimum atomic E-state index is 0.589. The highest BCUT2D eigenvalue weighted by molar-refractivity contribution is 7.84. The maximum Gasteiger partial charge on any atom is 0.00946 e. The third kappa shape index (κ3) is 2.11. The fourth-order valence-corrected chi connectivity index (χ4v) is 1.41. The van der Waals surface area contributed by atoms with E-state index in [-0.39, 0.29) is 0 Å². The molecule has 0 aromatic heterocycles. The Hall–Kier alpha value is -0.350. The van der Waals surface area contributed by atoms with Gasteiger partial charge in [0.25, 0.3) is 0 Å². The Morgan fingerprint density at radius 3 is 2.20 bits per heavy atom. The molecule has 1 rings (SSSR count). The molecule has 0 N–H and O–H groups in total. The molecule has 0 atom stereocenters. The Bertz CT molecular complexity index is 171. The second-order valence-electron chi connectivity index (χ2n) is 2.62. The second kappa shape index (κ2) is 3.73. The van der Waals surface area contributed by atoms with Crippen LogP contribution in [0.4, 0.5) is 0 Å². The largest absolute Gasteiger partial charge is 0.148 e. The summed E-state index contributed by atoms with van der Waals surface area (Å²) in [6, 6.07) is 0. The highest BCUT2D eigenvalue weighted by Gasteiger charge is 2.09. The van der Waals surface area contributed by atoms with Gasteiger partial charge in [-0.3, -0.25) is 0 Å². The van der Waals surface area contributed by atoms with Gasteiger partial charge in [0.1, 0.15) is 0 Å². The van der Waals surface area contributed by atoms with Crippen LogP contribution in [0.1, 0.15) is 25.7 Å². The van der Waals surface area contributed by atoms with Crippen LogP contribution in [-0.2, 0) is 0 Å². The first-order chi connectivity index (χ1) is 4.80. The van der Waals surface area contributed by atoms with E-state index in [1.165, 1.54) is 0 Å². The van der Waals surface area contributed by atoms with Gasteiger partial charge in [-0.05, 0) is 23.7 Å². The van der Waals surface area contributed by atoms with Crippen molar-refractivity contribution in [1.82, 2.24) is 0 Å². The molecule has 0 aromatic carbocycles. The van der Waals surface area contributed by atoms with Crippen molar-refractivity contribution in [2.45, 2.75) is 25.7 Å². The van der Waals surface area contributed by atoms with E-state index in [2.05, 4.69) is 31.0 Å². The van der Waals surface area contributed by atoms with Crippen molar-refractivity contribution >= 4 is 12.6 Å². The normalized spacial score (nSPS) is 18.9. The molecule has 1 aliphatic carbocycles. The second-order valence-corrected chi connectivity index (χ2v) is 3.19. The molecule has 0 aromatic rings. The average Bonchev–Trinajstić information content (AvgIpc) is 2.12. The fourth-order valence-electron chi connectivity index (χ4n) is 1.15. The first kappa shape index (κ1) is 7.75. The van der Waals surface area contributed by atoms with Crippen LogP contribution in [0.25, 0.3) is 0 Å². The lowest BCUT2D eigenvalue weighted by molar-refractivity contribution is 0.566. The summed E-state index contributed by atoms with van der Waals surface area (Å²) in [4.78, 5) is 1.02. The van der Waals surface area contributed by atoms with Crippen LogP contribution in [0, 0.1) is 17.8 Å². The lowest BCUT2D eigenvalue weighted by Gasteiger charge is -2.10. The monoisotopic (exact) mass is 152 g/mol. The Labute approximate surface area is 68.1 Å². The minimum absolute atomic E-state index is 0.589. The zero-order chi connectivity index (χ0) is 7.40. The molecular formula is C9H12S. The van der Waals surface area contributed by atoms with E-state index < -0.39 is 0 Å². The molecule has 54 valence electrons. The molecule has 0 nitrogen and oxygen atoms in total. The smallest absolute Gasteiger partial charge is 0.00946 e. The third-order valence-electron chi connectivity index (χ3n) is 1.83. The van der Waals surface area contributed by atoms with E-state index in [0.29, 0.717) is 5.92 Å². The van der Waals surface area contributed by atoms with Crippen molar-refractivity contribution < 1.29 is 0 Å². The fraction of sp³-hybridized carbons (Fsp3) is 0.556. The van der Waals surface area contributed by atoms with Crippen LogP contribution in [0.15, 0.2) is 11.5 Å². The lowest BCUT2D eigenvalue weighted by atomic mass is 10.00. The van der Waals surface area contributed by atoms with Gasteiger partial charge in [0.05, 0.1) is 0 Å². The predicted octanol–water partition coefficient (Wildman–Crippen LogP) is 2.62. The molecule has 0 saturated carbocycles. The van der Waals surface area contributed by atoms with Gasteiger partial charge in [-0.15, -0.1) is 24.5 Å². The standard InChI is InChI=1S/C9H12S/c1-8(10)9-6-4-2-3-5-7-9/h9-10H,1,4-7H2. The number of thiol groups is 1. The molecule has 0 fully saturated rings. The van der Waals surface area contributed by atoms with Crippen molar-refractivity contribution in [3.8, 4) is 11.8 Å². The molecule has 0 amide bonds. The van der Waals surface area contributed by atoms with Crippen LogP contribution in [0.3, 0.4) is 0 Å². The minimum Gasteiger partial charge on any atom is -0.148 e. The van der Waals surface area contributed by atoms with E-state index in [9.17, 15) is 0 Å².